The number of benzene rings is 2. The zero-order chi connectivity index (χ0) is 25.1. The van der Waals surface area contributed by atoms with Crippen LogP contribution in [0.25, 0.3) is 0 Å². The fourth-order valence-electron chi connectivity index (χ4n) is 2.78. The van der Waals surface area contributed by atoms with Gasteiger partial charge in [0.05, 0.1) is 21.9 Å². The summed E-state index contributed by atoms with van der Waals surface area (Å²) in [6.45, 7) is 1.12. The summed E-state index contributed by atoms with van der Waals surface area (Å²) in [7, 11) is -7.83. The van der Waals surface area contributed by atoms with Crippen molar-refractivity contribution in [1.82, 2.24) is 9.97 Å². The number of hydrogen-bond acceptors (Lipinski definition) is 7. The van der Waals surface area contributed by atoms with Crippen LogP contribution in [0.2, 0.25) is 10.0 Å². The number of aryl methyl sites for hydroxylation is 1. The number of anilines is 3. The second-order valence-electron chi connectivity index (χ2n) is 7.07. The van der Waals surface area contributed by atoms with E-state index in [-0.39, 0.29) is 32.3 Å². The molecule has 14 heteroatoms. The van der Waals surface area contributed by atoms with Gasteiger partial charge in [0.15, 0.2) is 0 Å². The van der Waals surface area contributed by atoms with Gasteiger partial charge in [-0.05, 0) is 55.5 Å². The maximum Gasteiger partial charge on any atom is 0.264 e. The van der Waals surface area contributed by atoms with E-state index in [0.29, 0.717) is 5.69 Å². The van der Waals surface area contributed by atoms with E-state index in [2.05, 4.69) is 20.0 Å². The molecule has 0 radical (unpaired) electrons. The molecule has 0 unspecified atom stereocenters. The predicted molar refractivity (Wildman–Crippen MR) is 131 cm³/mol. The van der Waals surface area contributed by atoms with Gasteiger partial charge in [-0.25, -0.2) is 31.5 Å². The van der Waals surface area contributed by atoms with Gasteiger partial charge in [-0.2, -0.15) is 0 Å². The molecule has 0 aliphatic heterocycles. The minimum Gasteiger partial charge on any atom is -0.325 e. The highest BCUT2D eigenvalue weighted by Crippen LogP contribution is 2.30. The van der Waals surface area contributed by atoms with Crippen LogP contribution in [0, 0.1) is 6.92 Å². The van der Waals surface area contributed by atoms with Crippen molar-refractivity contribution in [3.8, 4) is 0 Å². The first-order valence-electron chi connectivity index (χ1n) is 9.50. The second-order valence-corrected chi connectivity index (χ2v) is 11.5. The third-order valence-corrected chi connectivity index (χ3v) is 7.36. The summed E-state index contributed by atoms with van der Waals surface area (Å²) in [5.74, 6) is -0.749. The molecular formula is C20H19Cl2N5O5S2. The fraction of sp³-hybridized carbons (Fsp3) is 0.150. The highest BCUT2D eigenvalue weighted by Gasteiger charge is 2.24. The van der Waals surface area contributed by atoms with Crippen molar-refractivity contribution in [2.45, 2.75) is 11.8 Å². The predicted octanol–water partition coefficient (Wildman–Crippen LogP) is 3.30. The van der Waals surface area contributed by atoms with E-state index in [9.17, 15) is 21.6 Å². The van der Waals surface area contributed by atoms with Crippen molar-refractivity contribution in [1.29, 1.82) is 0 Å². The molecule has 0 fully saturated rings. The molecule has 0 spiro atoms. The molecule has 1 heterocycles. The summed E-state index contributed by atoms with van der Waals surface area (Å²) in [6, 6.07) is 11.1. The molecule has 0 saturated heterocycles. The molecule has 0 aliphatic rings. The zero-order valence-corrected chi connectivity index (χ0v) is 21.0. The molecule has 0 atom stereocenters. The molecule has 0 saturated carbocycles. The van der Waals surface area contributed by atoms with Crippen LogP contribution < -0.4 is 14.3 Å². The van der Waals surface area contributed by atoms with E-state index in [1.54, 1.807) is 13.0 Å². The van der Waals surface area contributed by atoms with Crippen molar-refractivity contribution >= 4 is 66.5 Å². The number of nitrogens with one attached hydrogen (secondary N) is 2. The molecule has 0 bridgehead atoms. The number of halogens is 2. The number of hydrogen-bond donors (Lipinski definition) is 2. The Balaban J connectivity index is 1.74. The zero-order valence-electron chi connectivity index (χ0n) is 17.9. The number of nitrogens with zero attached hydrogens (tertiary/aromatic N) is 3. The average molecular weight is 544 g/mol. The monoisotopic (exact) mass is 543 g/mol. The van der Waals surface area contributed by atoms with Crippen LogP contribution in [-0.2, 0) is 24.8 Å². The Bertz CT molecular complexity index is 1430. The van der Waals surface area contributed by atoms with E-state index < -0.39 is 32.5 Å². The Morgan fingerprint density at radius 3 is 2.32 bits per heavy atom. The minimum absolute atomic E-state index is 0.0534. The van der Waals surface area contributed by atoms with Gasteiger partial charge in [0, 0.05) is 22.6 Å². The minimum atomic E-state index is -3.96. The summed E-state index contributed by atoms with van der Waals surface area (Å²) in [5.41, 5.74) is 0.895. The Morgan fingerprint density at radius 2 is 1.71 bits per heavy atom. The number of carbonyl (C=O) groups is 1. The lowest BCUT2D eigenvalue weighted by Crippen LogP contribution is -2.37. The van der Waals surface area contributed by atoms with Crippen LogP contribution in [0.5, 0.6) is 0 Å². The summed E-state index contributed by atoms with van der Waals surface area (Å²) in [6.07, 6.45) is 2.36. The van der Waals surface area contributed by atoms with Crippen LogP contribution in [-0.4, -0.2) is 45.5 Å². The van der Waals surface area contributed by atoms with Crippen LogP contribution in [0.15, 0.2) is 59.6 Å². The average Bonchev–Trinajstić information content (AvgIpc) is 2.73. The van der Waals surface area contributed by atoms with Gasteiger partial charge in [0.2, 0.25) is 21.9 Å². The van der Waals surface area contributed by atoms with Crippen molar-refractivity contribution in [3.63, 3.8) is 0 Å². The largest absolute Gasteiger partial charge is 0.325 e. The third-order valence-electron chi connectivity index (χ3n) is 4.33. The second kappa shape index (κ2) is 10.1. The van der Waals surface area contributed by atoms with E-state index >= 15 is 0 Å². The molecule has 3 rings (SSSR count). The van der Waals surface area contributed by atoms with Gasteiger partial charge >= 0.3 is 0 Å². The first-order valence-corrected chi connectivity index (χ1v) is 13.6. The number of amides is 1. The van der Waals surface area contributed by atoms with Gasteiger partial charge in [0.1, 0.15) is 6.54 Å². The van der Waals surface area contributed by atoms with Gasteiger partial charge in [-0.15, -0.1) is 0 Å². The van der Waals surface area contributed by atoms with Crippen molar-refractivity contribution in [2.75, 3.05) is 27.1 Å². The number of sulfonamides is 2. The van der Waals surface area contributed by atoms with Gasteiger partial charge in [-0.1, -0.05) is 23.2 Å². The molecule has 1 amide bonds. The van der Waals surface area contributed by atoms with Crippen molar-refractivity contribution < 1.29 is 21.6 Å². The standard InChI is InChI=1S/C20H19Cl2N5O5S2/c1-13-9-10-23-20(24-13)26-34(31,32)16-6-4-15(5-7-16)25-19(28)12-27(33(2,29)30)18-11-14(21)3-8-17(18)22/h3-11H,12H2,1-2H3,(H,25,28)(H,23,24,26). The lowest BCUT2D eigenvalue weighted by atomic mass is 10.3. The van der Waals surface area contributed by atoms with E-state index in [0.717, 1.165) is 10.6 Å². The number of aromatic nitrogens is 2. The number of rotatable bonds is 8. The molecular weight excluding hydrogens is 525 g/mol. The van der Waals surface area contributed by atoms with Crippen LogP contribution in [0.4, 0.5) is 17.3 Å². The van der Waals surface area contributed by atoms with Gasteiger partial charge < -0.3 is 5.32 Å². The van der Waals surface area contributed by atoms with Crippen LogP contribution >= 0.6 is 23.2 Å². The lowest BCUT2D eigenvalue weighted by Gasteiger charge is -2.23. The Labute approximate surface area is 207 Å². The lowest BCUT2D eigenvalue weighted by molar-refractivity contribution is -0.114. The highest BCUT2D eigenvalue weighted by molar-refractivity contribution is 7.92. The molecule has 2 N–H and O–H groups in total. The molecule has 10 nitrogen and oxygen atoms in total. The maximum atomic E-state index is 12.6. The maximum absolute atomic E-state index is 12.6. The molecule has 0 aliphatic carbocycles. The smallest absolute Gasteiger partial charge is 0.264 e. The Hall–Kier alpha value is -2.93. The fourth-order valence-corrected chi connectivity index (χ4v) is 5.03. The summed E-state index contributed by atoms with van der Waals surface area (Å²) < 4.78 is 52.7. The quantitative estimate of drug-likeness (QED) is 0.444. The van der Waals surface area contributed by atoms with Gasteiger partial charge in [0.25, 0.3) is 10.0 Å². The molecule has 180 valence electrons. The summed E-state index contributed by atoms with van der Waals surface area (Å²) >= 11 is 12.0. The molecule has 34 heavy (non-hydrogen) atoms. The SMILES string of the molecule is Cc1ccnc(NS(=O)(=O)c2ccc(NC(=O)CN(c3cc(Cl)ccc3Cl)S(C)(=O)=O)cc2)n1. The van der Waals surface area contributed by atoms with Gasteiger partial charge in [-0.3, -0.25) is 9.10 Å². The van der Waals surface area contributed by atoms with E-state index in [4.69, 9.17) is 23.2 Å². The molecule has 1 aromatic heterocycles. The third kappa shape index (κ3) is 6.56. The van der Waals surface area contributed by atoms with E-state index in [1.165, 1.54) is 48.7 Å². The van der Waals surface area contributed by atoms with Crippen LogP contribution in [0.1, 0.15) is 5.69 Å². The molecule has 3 aromatic rings. The highest BCUT2D eigenvalue weighted by atomic mass is 35.5. The molecule has 2 aromatic carbocycles. The summed E-state index contributed by atoms with van der Waals surface area (Å²) in [4.78, 5) is 20.3. The first-order chi connectivity index (χ1) is 15.8. The van der Waals surface area contributed by atoms with Crippen molar-refractivity contribution in [3.05, 3.63) is 70.5 Å². The summed E-state index contributed by atoms with van der Waals surface area (Å²) in [5, 5.41) is 2.87. The Morgan fingerprint density at radius 1 is 1.03 bits per heavy atom. The van der Waals surface area contributed by atoms with Crippen LogP contribution in [0.3, 0.4) is 0 Å². The number of carbonyl (C=O) groups excluding carboxylic acids is 1. The first kappa shape index (κ1) is 25.7. The normalized spacial score (nSPS) is 11.6. The van der Waals surface area contributed by atoms with E-state index in [1.807, 2.05) is 0 Å². The Kier molecular flexibility index (Phi) is 7.66. The topological polar surface area (TPSA) is 138 Å². The van der Waals surface area contributed by atoms with Crippen molar-refractivity contribution in [2.24, 2.45) is 0 Å².